The minimum absolute atomic E-state index is 0.104. The Morgan fingerprint density at radius 3 is 2.55 bits per heavy atom. The lowest BCUT2D eigenvalue weighted by Crippen LogP contribution is -2.04. The van der Waals surface area contributed by atoms with E-state index in [1.54, 1.807) is 12.1 Å². The molecule has 1 aliphatic rings. The van der Waals surface area contributed by atoms with Crippen LogP contribution in [0.1, 0.15) is 0 Å². The molecule has 0 bridgehead atoms. The van der Waals surface area contributed by atoms with Crippen molar-refractivity contribution in [3.05, 3.63) is 46.8 Å². The standard InChI is InChI=1S/C15H8O5/c16-8-3-1-7(2-4-8)9-6-19-15-12(13(9)18)10(17)5-11-14(15)20-11/h1-6,16-17H. The second-order valence-electron chi connectivity index (χ2n) is 4.55. The highest BCUT2D eigenvalue weighted by Crippen LogP contribution is 2.53. The topological polar surface area (TPSA) is 83.2 Å². The predicted molar refractivity (Wildman–Crippen MR) is 71.3 cm³/mol. The van der Waals surface area contributed by atoms with E-state index < -0.39 is 0 Å². The van der Waals surface area contributed by atoms with Crippen molar-refractivity contribution in [2.24, 2.45) is 0 Å². The van der Waals surface area contributed by atoms with Gasteiger partial charge in [0.1, 0.15) is 23.1 Å². The second-order valence-corrected chi connectivity index (χ2v) is 4.55. The lowest BCUT2D eigenvalue weighted by atomic mass is 10.1. The van der Waals surface area contributed by atoms with E-state index in [4.69, 9.17) is 9.15 Å². The summed E-state index contributed by atoms with van der Waals surface area (Å²) in [6.07, 6.45) is 1.33. The van der Waals surface area contributed by atoms with Gasteiger partial charge in [-0.1, -0.05) is 12.1 Å². The SMILES string of the molecule is O=c1c(-c2ccc(O)cc2)coc2c3c(cc(O)c12)O3. The highest BCUT2D eigenvalue weighted by Gasteiger charge is 2.30. The van der Waals surface area contributed by atoms with Gasteiger partial charge in [0.2, 0.25) is 11.2 Å². The zero-order valence-corrected chi connectivity index (χ0v) is 10.1. The Hall–Kier alpha value is -2.95. The van der Waals surface area contributed by atoms with Crippen molar-refractivity contribution in [2.75, 3.05) is 0 Å². The van der Waals surface area contributed by atoms with Crippen molar-refractivity contribution in [1.29, 1.82) is 0 Å². The van der Waals surface area contributed by atoms with Crippen LogP contribution in [0.5, 0.6) is 23.0 Å². The van der Waals surface area contributed by atoms with Crippen LogP contribution in [0.15, 0.2) is 45.8 Å². The first kappa shape index (κ1) is 10.9. The molecule has 0 saturated heterocycles. The lowest BCUT2D eigenvalue weighted by molar-refractivity contribution is 0.475. The molecule has 5 nitrogen and oxygen atoms in total. The molecule has 2 aromatic carbocycles. The summed E-state index contributed by atoms with van der Waals surface area (Å²) in [7, 11) is 0. The molecule has 1 aliphatic heterocycles. The van der Waals surface area contributed by atoms with Crippen molar-refractivity contribution in [2.45, 2.75) is 0 Å². The zero-order valence-electron chi connectivity index (χ0n) is 10.1. The molecular formula is C15H8O5. The molecule has 0 saturated carbocycles. The summed E-state index contributed by atoms with van der Waals surface area (Å²) in [5.74, 6) is 0.966. The van der Waals surface area contributed by atoms with Crippen LogP contribution >= 0.6 is 0 Å². The number of phenolic OH excluding ortho intramolecular Hbond substituents is 2. The Bertz CT molecular complexity index is 906. The molecule has 0 spiro atoms. The molecular weight excluding hydrogens is 260 g/mol. The first-order valence-corrected chi connectivity index (χ1v) is 5.94. The van der Waals surface area contributed by atoms with Gasteiger partial charge in [-0.2, -0.15) is 0 Å². The molecule has 0 atom stereocenters. The number of aromatic hydroxyl groups is 2. The zero-order chi connectivity index (χ0) is 13.9. The van der Waals surface area contributed by atoms with E-state index in [0.29, 0.717) is 22.6 Å². The number of rotatable bonds is 1. The van der Waals surface area contributed by atoms with E-state index in [9.17, 15) is 15.0 Å². The fraction of sp³-hybridized carbons (Fsp3) is 0. The highest BCUT2D eigenvalue weighted by molar-refractivity contribution is 5.96. The maximum atomic E-state index is 12.5. The van der Waals surface area contributed by atoms with Gasteiger partial charge in [0.05, 0.1) is 5.56 Å². The Labute approximate surface area is 112 Å². The lowest BCUT2D eigenvalue weighted by Gasteiger charge is -2.02. The molecule has 0 aliphatic carbocycles. The first-order valence-electron chi connectivity index (χ1n) is 5.94. The molecule has 1 aromatic heterocycles. The number of ether oxygens (including phenoxy) is 1. The van der Waals surface area contributed by atoms with Crippen molar-refractivity contribution in [3.63, 3.8) is 0 Å². The van der Waals surface area contributed by atoms with Gasteiger partial charge >= 0.3 is 0 Å². The van der Waals surface area contributed by atoms with E-state index in [-0.39, 0.29) is 27.9 Å². The van der Waals surface area contributed by atoms with Gasteiger partial charge in [-0.05, 0) is 17.7 Å². The van der Waals surface area contributed by atoms with Crippen LogP contribution in [0.4, 0.5) is 0 Å². The van der Waals surface area contributed by atoms with Gasteiger partial charge in [-0.25, -0.2) is 0 Å². The van der Waals surface area contributed by atoms with E-state index in [1.165, 1.54) is 24.5 Å². The molecule has 0 amide bonds. The molecule has 98 valence electrons. The van der Waals surface area contributed by atoms with Gasteiger partial charge < -0.3 is 19.4 Å². The fourth-order valence-corrected chi connectivity index (χ4v) is 2.24. The predicted octanol–water partition coefficient (Wildman–Crippen LogP) is 2.98. The summed E-state index contributed by atoms with van der Waals surface area (Å²) in [4.78, 5) is 12.5. The van der Waals surface area contributed by atoms with Gasteiger partial charge in [0.25, 0.3) is 0 Å². The molecule has 2 N–H and O–H groups in total. The first-order chi connectivity index (χ1) is 9.65. The van der Waals surface area contributed by atoms with Crippen molar-refractivity contribution >= 4 is 11.0 Å². The number of fused-ring (bicyclic) bond motifs is 3. The molecule has 3 aromatic rings. The van der Waals surface area contributed by atoms with Gasteiger partial charge in [0, 0.05) is 6.07 Å². The molecule has 2 heterocycles. The van der Waals surface area contributed by atoms with Crippen LogP contribution in [0.3, 0.4) is 0 Å². The fourth-order valence-electron chi connectivity index (χ4n) is 2.24. The Morgan fingerprint density at radius 1 is 1.05 bits per heavy atom. The Kier molecular flexibility index (Phi) is 1.93. The third-order valence-electron chi connectivity index (χ3n) is 3.30. The molecule has 0 fully saturated rings. The van der Waals surface area contributed by atoms with Crippen LogP contribution < -0.4 is 10.2 Å². The van der Waals surface area contributed by atoms with Crippen LogP contribution in [0.2, 0.25) is 0 Å². The summed E-state index contributed by atoms with van der Waals surface area (Å²) in [5, 5.41) is 19.3. The number of hydrogen-bond donors (Lipinski definition) is 2. The van der Waals surface area contributed by atoms with Crippen LogP contribution in [-0.4, -0.2) is 10.2 Å². The smallest absolute Gasteiger partial charge is 0.213 e. The monoisotopic (exact) mass is 268 g/mol. The number of hydrogen-bond acceptors (Lipinski definition) is 5. The van der Waals surface area contributed by atoms with E-state index in [0.717, 1.165) is 0 Å². The third kappa shape index (κ3) is 1.40. The van der Waals surface area contributed by atoms with E-state index in [2.05, 4.69) is 0 Å². The van der Waals surface area contributed by atoms with E-state index in [1.807, 2.05) is 0 Å². The minimum Gasteiger partial charge on any atom is -0.508 e. The maximum Gasteiger partial charge on any atom is 0.213 e. The quantitative estimate of drug-likeness (QED) is 0.518. The van der Waals surface area contributed by atoms with Crippen molar-refractivity contribution < 1.29 is 19.4 Å². The Balaban J connectivity index is 2.03. The number of benzene rings is 2. The molecule has 5 heteroatoms. The van der Waals surface area contributed by atoms with Crippen molar-refractivity contribution in [3.8, 4) is 34.1 Å². The summed E-state index contributed by atoms with van der Waals surface area (Å²) >= 11 is 0. The maximum absolute atomic E-state index is 12.5. The van der Waals surface area contributed by atoms with Crippen LogP contribution in [0.25, 0.3) is 22.1 Å². The Morgan fingerprint density at radius 2 is 1.80 bits per heavy atom. The summed E-state index contributed by atoms with van der Waals surface area (Å²) in [6.45, 7) is 0. The van der Waals surface area contributed by atoms with Gasteiger partial charge in [-0.3, -0.25) is 4.79 Å². The van der Waals surface area contributed by atoms with Gasteiger partial charge in [0.15, 0.2) is 11.3 Å². The average molecular weight is 268 g/mol. The largest absolute Gasteiger partial charge is 0.508 e. The van der Waals surface area contributed by atoms with Crippen LogP contribution in [-0.2, 0) is 0 Å². The van der Waals surface area contributed by atoms with E-state index >= 15 is 0 Å². The normalized spacial score (nSPS) is 12.0. The van der Waals surface area contributed by atoms with Gasteiger partial charge in [-0.15, -0.1) is 0 Å². The molecule has 20 heavy (non-hydrogen) atoms. The summed E-state index contributed by atoms with van der Waals surface area (Å²) in [6, 6.07) is 7.57. The van der Waals surface area contributed by atoms with Crippen LogP contribution in [0, 0.1) is 0 Å². The molecule has 4 rings (SSSR count). The second kappa shape index (κ2) is 3.54. The average Bonchev–Trinajstić information content (AvgIpc) is 3.19. The summed E-state index contributed by atoms with van der Waals surface area (Å²) in [5.41, 5.74) is 0.831. The molecule has 0 unspecified atom stereocenters. The number of phenols is 2. The molecule has 0 radical (unpaired) electrons. The highest BCUT2D eigenvalue weighted by atomic mass is 16.6. The third-order valence-corrected chi connectivity index (χ3v) is 3.30. The summed E-state index contributed by atoms with van der Waals surface area (Å²) < 4.78 is 10.5. The minimum atomic E-state index is -0.340. The van der Waals surface area contributed by atoms with Crippen molar-refractivity contribution in [1.82, 2.24) is 0 Å².